The third kappa shape index (κ3) is 6.60. The van der Waals surface area contributed by atoms with E-state index in [0.29, 0.717) is 10.9 Å². The highest BCUT2D eigenvalue weighted by molar-refractivity contribution is 5.81. The predicted octanol–water partition coefficient (Wildman–Crippen LogP) is 1.14. The van der Waals surface area contributed by atoms with Crippen molar-refractivity contribution in [3.8, 4) is 5.75 Å². The minimum atomic E-state index is -1.29. The summed E-state index contributed by atoms with van der Waals surface area (Å²) in [4.78, 5) is 59.0. The van der Waals surface area contributed by atoms with E-state index in [1.54, 1.807) is 19.1 Å². The van der Waals surface area contributed by atoms with Crippen LogP contribution in [-0.4, -0.2) is 61.1 Å². The summed E-state index contributed by atoms with van der Waals surface area (Å²) >= 11 is 0. The fourth-order valence-corrected chi connectivity index (χ4v) is 3.90. The van der Waals surface area contributed by atoms with Crippen molar-refractivity contribution < 1.29 is 47.3 Å². The van der Waals surface area contributed by atoms with E-state index in [1.807, 2.05) is 0 Å². The maximum absolute atomic E-state index is 12.0. The molecule has 0 spiro atoms. The summed E-state index contributed by atoms with van der Waals surface area (Å²) in [5.74, 6) is -2.35. The summed E-state index contributed by atoms with van der Waals surface area (Å²) in [5.41, 5.74) is 0.427. The van der Waals surface area contributed by atoms with Crippen LogP contribution in [0.15, 0.2) is 33.5 Å². The summed E-state index contributed by atoms with van der Waals surface area (Å²) in [6.07, 6.45) is -4.90. The van der Waals surface area contributed by atoms with Gasteiger partial charge in [0.2, 0.25) is 12.2 Å². The van der Waals surface area contributed by atoms with Gasteiger partial charge in [0.15, 0.2) is 12.2 Å². The molecule has 1 aliphatic rings. The molecule has 0 saturated carbocycles. The van der Waals surface area contributed by atoms with Crippen LogP contribution in [0.5, 0.6) is 5.75 Å². The van der Waals surface area contributed by atoms with E-state index in [1.165, 1.54) is 26.0 Å². The molecule has 1 amide bonds. The lowest BCUT2D eigenvalue weighted by Crippen LogP contribution is -2.67. The summed E-state index contributed by atoms with van der Waals surface area (Å²) in [6, 6.07) is 4.98. The quantitative estimate of drug-likeness (QED) is 0.327. The molecule has 0 aliphatic carbocycles. The zero-order valence-corrected chi connectivity index (χ0v) is 20.4. The maximum Gasteiger partial charge on any atom is 0.336 e. The van der Waals surface area contributed by atoms with Crippen molar-refractivity contribution in [3.05, 3.63) is 40.2 Å². The Labute approximate surface area is 205 Å². The van der Waals surface area contributed by atoms with Crippen LogP contribution in [0.4, 0.5) is 0 Å². The first-order valence-corrected chi connectivity index (χ1v) is 11.1. The van der Waals surface area contributed by atoms with Crippen molar-refractivity contribution in [1.82, 2.24) is 5.32 Å². The van der Waals surface area contributed by atoms with Gasteiger partial charge in [-0.15, -0.1) is 0 Å². The van der Waals surface area contributed by atoms with Crippen molar-refractivity contribution in [3.63, 3.8) is 0 Å². The fourth-order valence-electron chi connectivity index (χ4n) is 3.90. The van der Waals surface area contributed by atoms with E-state index in [2.05, 4.69) is 5.32 Å². The number of fused-ring (bicyclic) bond motifs is 1. The highest BCUT2D eigenvalue weighted by Crippen LogP contribution is 2.30. The van der Waals surface area contributed by atoms with Crippen LogP contribution in [-0.2, 0) is 38.1 Å². The number of esters is 3. The van der Waals surface area contributed by atoms with Gasteiger partial charge in [0.25, 0.3) is 0 Å². The second-order valence-electron chi connectivity index (χ2n) is 8.24. The summed E-state index contributed by atoms with van der Waals surface area (Å²) < 4.78 is 33.1. The normalized spacial score (nSPS) is 23.4. The van der Waals surface area contributed by atoms with Gasteiger partial charge in [0, 0.05) is 45.2 Å². The van der Waals surface area contributed by atoms with E-state index in [-0.39, 0.29) is 17.9 Å². The molecule has 2 aromatic rings. The average Bonchev–Trinajstić information content (AvgIpc) is 2.75. The van der Waals surface area contributed by atoms with Gasteiger partial charge in [-0.3, -0.25) is 19.2 Å². The van der Waals surface area contributed by atoms with Crippen LogP contribution >= 0.6 is 0 Å². The van der Waals surface area contributed by atoms with Gasteiger partial charge in [0.1, 0.15) is 30.1 Å². The number of aryl methyl sites for hydroxylation is 1. The monoisotopic (exact) mass is 505 g/mol. The predicted molar refractivity (Wildman–Crippen MR) is 122 cm³/mol. The Morgan fingerprint density at radius 3 is 2.22 bits per heavy atom. The van der Waals surface area contributed by atoms with Crippen LogP contribution in [0.2, 0.25) is 0 Å². The number of ether oxygens (including phenoxy) is 5. The second kappa shape index (κ2) is 11.2. The lowest BCUT2D eigenvalue weighted by Gasteiger charge is -2.44. The molecule has 36 heavy (non-hydrogen) atoms. The third-order valence-electron chi connectivity index (χ3n) is 5.25. The molecule has 1 N–H and O–H groups in total. The Kier molecular flexibility index (Phi) is 8.30. The van der Waals surface area contributed by atoms with Crippen molar-refractivity contribution in [2.45, 2.75) is 65.3 Å². The molecule has 0 unspecified atom stereocenters. The molecule has 194 valence electrons. The molecule has 2 heterocycles. The number of hydrogen-bond donors (Lipinski definition) is 1. The molecular weight excluding hydrogens is 478 g/mol. The van der Waals surface area contributed by atoms with Crippen LogP contribution in [0.3, 0.4) is 0 Å². The Hall–Kier alpha value is -3.93. The molecule has 12 nitrogen and oxygen atoms in total. The van der Waals surface area contributed by atoms with Crippen molar-refractivity contribution in [2.24, 2.45) is 0 Å². The van der Waals surface area contributed by atoms with Crippen LogP contribution in [0.25, 0.3) is 11.0 Å². The van der Waals surface area contributed by atoms with Crippen LogP contribution < -0.4 is 15.7 Å². The number of benzene rings is 1. The number of amides is 1. The van der Waals surface area contributed by atoms with E-state index < -0.39 is 60.1 Å². The molecule has 1 aromatic heterocycles. The van der Waals surface area contributed by atoms with Gasteiger partial charge in [-0.2, -0.15) is 0 Å². The first-order chi connectivity index (χ1) is 16.9. The molecule has 3 rings (SSSR count). The largest absolute Gasteiger partial charge is 0.463 e. The standard InChI is InChI=1S/C24H27NO11/c1-11-8-20(30)35-18-9-16(6-7-17(11)18)34-24-21(25-12(2)26)23(33-15(5)29)22(32-14(4)28)19(36-24)10-31-13(3)27/h6-9,19,21-24H,10H2,1-5H3,(H,25,26)/t19-,21+,22-,23+,24-/m0/s1. The minimum Gasteiger partial charge on any atom is -0.463 e. The number of carbonyl (C=O) groups excluding carboxylic acids is 4. The highest BCUT2D eigenvalue weighted by atomic mass is 16.7. The van der Waals surface area contributed by atoms with E-state index in [0.717, 1.165) is 13.8 Å². The maximum atomic E-state index is 12.0. The minimum absolute atomic E-state index is 0.204. The molecule has 0 bridgehead atoms. The number of hydrogen-bond acceptors (Lipinski definition) is 11. The van der Waals surface area contributed by atoms with Gasteiger partial charge >= 0.3 is 23.5 Å². The molecule has 0 radical (unpaired) electrons. The lowest BCUT2D eigenvalue weighted by atomic mass is 9.96. The van der Waals surface area contributed by atoms with Gasteiger partial charge in [-0.25, -0.2) is 4.79 Å². The van der Waals surface area contributed by atoms with Gasteiger partial charge in [-0.1, -0.05) is 0 Å². The summed E-state index contributed by atoms with van der Waals surface area (Å²) in [7, 11) is 0. The van der Waals surface area contributed by atoms with E-state index >= 15 is 0 Å². The van der Waals surface area contributed by atoms with Crippen molar-refractivity contribution in [1.29, 1.82) is 0 Å². The highest BCUT2D eigenvalue weighted by Gasteiger charge is 2.52. The Balaban J connectivity index is 2.02. The first kappa shape index (κ1) is 26.7. The van der Waals surface area contributed by atoms with Crippen molar-refractivity contribution in [2.75, 3.05) is 6.61 Å². The molecule has 1 fully saturated rings. The first-order valence-electron chi connectivity index (χ1n) is 11.1. The van der Waals surface area contributed by atoms with E-state index in [9.17, 15) is 24.0 Å². The van der Waals surface area contributed by atoms with E-state index in [4.69, 9.17) is 28.1 Å². The van der Waals surface area contributed by atoms with Crippen molar-refractivity contribution >= 4 is 34.8 Å². The van der Waals surface area contributed by atoms with Gasteiger partial charge in [-0.05, 0) is 24.6 Å². The number of nitrogens with one attached hydrogen (secondary N) is 1. The van der Waals surface area contributed by atoms with Gasteiger partial charge in [0.05, 0.1) is 0 Å². The molecule has 1 aromatic carbocycles. The zero-order chi connectivity index (χ0) is 26.6. The lowest BCUT2D eigenvalue weighted by molar-refractivity contribution is -0.257. The summed E-state index contributed by atoms with van der Waals surface area (Å²) in [5, 5.41) is 3.30. The number of rotatable bonds is 7. The van der Waals surface area contributed by atoms with Gasteiger partial charge < -0.3 is 33.4 Å². The molecule has 12 heteroatoms. The SMILES string of the molecule is CC(=O)N[C@H]1[C@@H](Oc2ccc3c(C)cc(=O)oc3c2)O[C@@H](COC(C)=O)[C@H](OC(C)=O)[C@@H]1OC(C)=O. The molecule has 5 atom stereocenters. The Morgan fingerprint density at radius 1 is 0.944 bits per heavy atom. The van der Waals surface area contributed by atoms with Crippen LogP contribution in [0.1, 0.15) is 33.3 Å². The second-order valence-corrected chi connectivity index (χ2v) is 8.24. The summed E-state index contributed by atoms with van der Waals surface area (Å²) in [6.45, 7) is 6.12. The zero-order valence-electron chi connectivity index (χ0n) is 20.4. The fraction of sp³-hybridized carbons (Fsp3) is 0.458. The van der Waals surface area contributed by atoms with Crippen LogP contribution in [0, 0.1) is 6.92 Å². The Morgan fingerprint density at radius 2 is 1.61 bits per heavy atom. The Bertz CT molecular complexity index is 1220. The average molecular weight is 505 g/mol. The molecule has 1 aliphatic heterocycles. The smallest absolute Gasteiger partial charge is 0.336 e. The third-order valence-corrected chi connectivity index (χ3v) is 5.25. The molecular formula is C24H27NO11. The topological polar surface area (TPSA) is 157 Å². The molecule has 1 saturated heterocycles. The number of carbonyl (C=O) groups is 4.